The van der Waals surface area contributed by atoms with Crippen molar-refractivity contribution >= 4 is 6.08 Å². The van der Waals surface area contributed by atoms with Gasteiger partial charge in [-0.25, -0.2) is 0 Å². The van der Waals surface area contributed by atoms with Gasteiger partial charge >= 0.3 is 0 Å². The van der Waals surface area contributed by atoms with Crippen molar-refractivity contribution in [2.24, 2.45) is 0 Å². The van der Waals surface area contributed by atoms with Crippen LogP contribution in [0.25, 0.3) is 6.08 Å². The largest absolute Gasteiger partial charge is 0.491 e. The van der Waals surface area contributed by atoms with Crippen LogP contribution in [0.3, 0.4) is 0 Å². The third-order valence-electron chi connectivity index (χ3n) is 3.10. The lowest BCUT2D eigenvalue weighted by molar-refractivity contribution is -0.165. The quantitative estimate of drug-likeness (QED) is 0.779. The number of hydrogen-bond donors (Lipinski definition) is 1. The fourth-order valence-electron chi connectivity index (χ4n) is 2.10. The van der Waals surface area contributed by atoms with Gasteiger partial charge in [-0.2, -0.15) is 0 Å². The van der Waals surface area contributed by atoms with Gasteiger partial charge in [0, 0.05) is 12.2 Å². The molecule has 1 aromatic carbocycles. The van der Waals surface area contributed by atoms with E-state index in [1.165, 1.54) is 6.42 Å². The van der Waals surface area contributed by atoms with Crippen LogP contribution in [-0.4, -0.2) is 37.8 Å². The first-order valence-electron chi connectivity index (χ1n) is 7.12. The van der Waals surface area contributed by atoms with E-state index in [4.69, 9.17) is 19.3 Å². The summed E-state index contributed by atoms with van der Waals surface area (Å²) in [5, 5.41) is 8.82. The lowest BCUT2D eigenvalue weighted by atomic mass is 10.2. The first-order valence-corrected chi connectivity index (χ1v) is 7.12. The molecule has 1 fully saturated rings. The lowest BCUT2D eigenvalue weighted by Gasteiger charge is -2.22. The highest BCUT2D eigenvalue weighted by Crippen LogP contribution is 2.19. The Morgan fingerprint density at radius 3 is 2.95 bits per heavy atom. The van der Waals surface area contributed by atoms with E-state index < -0.39 is 0 Å². The number of rotatable bonds is 7. The van der Waals surface area contributed by atoms with Gasteiger partial charge in [-0.3, -0.25) is 0 Å². The zero-order valence-electron chi connectivity index (χ0n) is 11.7. The van der Waals surface area contributed by atoms with E-state index in [0.29, 0.717) is 13.2 Å². The molecule has 0 aromatic heterocycles. The van der Waals surface area contributed by atoms with Crippen LogP contribution in [0.15, 0.2) is 30.3 Å². The summed E-state index contributed by atoms with van der Waals surface area (Å²) >= 11 is 0. The first-order chi connectivity index (χ1) is 9.90. The van der Waals surface area contributed by atoms with Gasteiger partial charge in [-0.05, 0) is 25.3 Å². The van der Waals surface area contributed by atoms with Crippen LogP contribution in [0.1, 0.15) is 24.8 Å². The molecule has 1 heterocycles. The molecule has 1 aliphatic rings. The van der Waals surface area contributed by atoms with Crippen LogP contribution in [0.4, 0.5) is 0 Å². The zero-order chi connectivity index (χ0) is 14.0. The summed E-state index contributed by atoms with van der Waals surface area (Å²) in [5.41, 5.74) is 0.954. The van der Waals surface area contributed by atoms with Crippen molar-refractivity contribution in [1.29, 1.82) is 0 Å². The second-order valence-corrected chi connectivity index (χ2v) is 4.64. The normalized spacial score (nSPS) is 19.4. The molecule has 1 saturated heterocycles. The molecule has 0 spiro atoms. The highest BCUT2D eigenvalue weighted by atomic mass is 16.7. The average molecular weight is 278 g/mol. The Hall–Kier alpha value is -1.36. The number of benzene rings is 1. The summed E-state index contributed by atoms with van der Waals surface area (Å²) in [7, 11) is 0. The molecule has 0 bridgehead atoms. The van der Waals surface area contributed by atoms with Gasteiger partial charge in [0.15, 0.2) is 6.29 Å². The van der Waals surface area contributed by atoms with E-state index in [0.717, 1.165) is 30.8 Å². The molecular weight excluding hydrogens is 256 g/mol. The van der Waals surface area contributed by atoms with Crippen molar-refractivity contribution in [3.8, 4) is 5.75 Å². The average Bonchev–Trinajstić information content (AvgIpc) is 2.51. The summed E-state index contributed by atoms with van der Waals surface area (Å²) in [4.78, 5) is 0. The molecule has 20 heavy (non-hydrogen) atoms. The predicted octanol–water partition coefficient (Wildman–Crippen LogP) is 2.61. The highest BCUT2D eigenvalue weighted by Gasteiger charge is 2.13. The maximum atomic E-state index is 8.82. The van der Waals surface area contributed by atoms with Crippen LogP contribution in [0.2, 0.25) is 0 Å². The molecule has 0 radical (unpaired) electrons. The monoisotopic (exact) mass is 278 g/mol. The van der Waals surface area contributed by atoms with Gasteiger partial charge in [-0.1, -0.05) is 30.4 Å². The van der Waals surface area contributed by atoms with Gasteiger partial charge in [0.1, 0.15) is 12.4 Å². The Morgan fingerprint density at radius 2 is 2.15 bits per heavy atom. The lowest BCUT2D eigenvalue weighted by Crippen LogP contribution is -2.24. The minimum Gasteiger partial charge on any atom is -0.491 e. The molecule has 110 valence electrons. The molecule has 0 aliphatic carbocycles. The van der Waals surface area contributed by atoms with E-state index >= 15 is 0 Å². The summed E-state index contributed by atoms with van der Waals surface area (Å²) in [6, 6.07) is 7.73. The first kappa shape index (κ1) is 15.0. The molecule has 0 saturated carbocycles. The Kier molecular flexibility index (Phi) is 6.57. The second-order valence-electron chi connectivity index (χ2n) is 4.64. The molecule has 4 nitrogen and oxygen atoms in total. The van der Waals surface area contributed by atoms with Crippen molar-refractivity contribution < 1.29 is 19.3 Å². The molecule has 4 heteroatoms. The summed E-state index contributed by atoms with van der Waals surface area (Å²) in [6.07, 6.45) is 6.73. The number of para-hydroxylation sites is 1. The fourth-order valence-corrected chi connectivity index (χ4v) is 2.10. The topological polar surface area (TPSA) is 47.9 Å². The van der Waals surface area contributed by atoms with Gasteiger partial charge in [0.05, 0.1) is 13.2 Å². The number of ether oxygens (including phenoxy) is 3. The van der Waals surface area contributed by atoms with Crippen molar-refractivity contribution in [2.75, 3.05) is 26.4 Å². The standard InChI is InChI=1S/C16H22O4/c17-10-5-7-14-6-1-2-8-15(14)18-12-13-20-16-9-3-4-11-19-16/h1-2,5-8,16-17H,3-4,9-13H2. The predicted molar refractivity (Wildman–Crippen MR) is 77.6 cm³/mol. The van der Waals surface area contributed by atoms with Crippen LogP contribution in [0.5, 0.6) is 5.75 Å². The van der Waals surface area contributed by atoms with Crippen LogP contribution >= 0.6 is 0 Å². The Morgan fingerprint density at radius 1 is 1.25 bits per heavy atom. The van der Waals surface area contributed by atoms with Gasteiger partial charge in [0.25, 0.3) is 0 Å². The third-order valence-corrected chi connectivity index (χ3v) is 3.10. The maximum Gasteiger partial charge on any atom is 0.157 e. The molecule has 0 amide bonds. The minimum absolute atomic E-state index is 0.0243. The molecular formula is C16H22O4. The Balaban J connectivity index is 1.74. The van der Waals surface area contributed by atoms with Crippen LogP contribution in [0, 0.1) is 0 Å². The van der Waals surface area contributed by atoms with Gasteiger partial charge in [-0.15, -0.1) is 0 Å². The van der Waals surface area contributed by atoms with Crippen molar-refractivity contribution in [1.82, 2.24) is 0 Å². The van der Waals surface area contributed by atoms with Crippen molar-refractivity contribution in [2.45, 2.75) is 25.6 Å². The third kappa shape index (κ3) is 4.96. The van der Waals surface area contributed by atoms with Crippen LogP contribution in [-0.2, 0) is 9.47 Å². The maximum absolute atomic E-state index is 8.82. The fraction of sp³-hybridized carbons (Fsp3) is 0.500. The van der Waals surface area contributed by atoms with Gasteiger partial charge < -0.3 is 19.3 Å². The van der Waals surface area contributed by atoms with E-state index in [2.05, 4.69) is 0 Å². The molecule has 1 aromatic rings. The minimum atomic E-state index is -0.0723. The van der Waals surface area contributed by atoms with E-state index in [9.17, 15) is 0 Å². The van der Waals surface area contributed by atoms with Crippen molar-refractivity contribution in [3.63, 3.8) is 0 Å². The van der Waals surface area contributed by atoms with E-state index in [1.54, 1.807) is 6.08 Å². The van der Waals surface area contributed by atoms with E-state index in [1.807, 2.05) is 30.3 Å². The van der Waals surface area contributed by atoms with Crippen LogP contribution < -0.4 is 4.74 Å². The molecule has 1 atom stereocenters. The van der Waals surface area contributed by atoms with Crippen molar-refractivity contribution in [3.05, 3.63) is 35.9 Å². The Labute approximate surface area is 120 Å². The molecule has 2 rings (SSSR count). The smallest absolute Gasteiger partial charge is 0.157 e. The zero-order valence-corrected chi connectivity index (χ0v) is 11.7. The summed E-state index contributed by atoms with van der Waals surface area (Å²) in [5.74, 6) is 0.797. The molecule has 1 N–H and O–H groups in total. The number of aliphatic hydroxyl groups is 1. The molecule has 1 aliphatic heterocycles. The second kappa shape index (κ2) is 8.74. The summed E-state index contributed by atoms with van der Waals surface area (Å²) in [6.45, 7) is 1.82. The highest BCUT2D eigenvalue weighted by molar-refractivity contribution is 5.57. The van der Waals surface area contributed by atoms with E-state index in [-0.39, 0.29) is 12.9 Å². The molecule has 1 unspecified atom stereocenters. The number of hydrogen-bond acceptors (Lipinski definition) is 4. The summed E-state index contributed by atoms with van der Waals surface area (Å²) < 4.78 is 16.8. The Bertz CT molecular complexity index is 411. The SMILES string of the molecule is OCC=Cc1ccccc1OCCOC1CCCCO1. The van der Waals surface area contributed by atoms with Gasteiger partial charge in [0.2, 0.25) is 0 Å². The number of aliphatic hydroxyl groups excluding tert-OH is 1.